The highest BCUT2D eigenvalue weighted by atomic mass is 15.1. The molecule has 0 bridgehead atoms. The van der Waals surface area contributed by atoms with Gasteiger partial charge in [-0.05, 0) is 92.0 Å². The van der Waals surface area contributed by atoms with Crippen molar-refractivity contribution in [3.05, 3.63) is 235 Å². The molecule has 0 saturated carbocycles. The van der Waals surface area contributed by atoms with Crippen LogP contribution >= 0.6 is 0 Å². The van der Waals surface area contributed by atoms with Gasteiger partial charge in [0.15, 0.2) is 0 Å². The lowest BCUT2D eigenvalue weighted by Crippen LogP contribution is -2.28. The molecule has 0 fully saturated rings. The first kappa shape index (κ1) is 29.7. The van der Waals surface area contributed by atoms with Gasteiger partial charge in [-0.2, -0.15) is 0 Å². The van der Waals surface area contributed by atoms with Crippen molar-refractivity contribution in [1.82, 2.24) is 0 Å². The topological polar surface area (TPSA) is 3.24 Å². The van der Waals surface area contributed by atoms with Gasteiger partial charge in [-0.15, -0.1) is 0 Å². The fourth-order valence-electron chi connectivity index (χ4n) is 7.89. The first-order valence-corrected chi connectivity index (χ1v) is 17.3. The van der Waals surface area contributed by atoms with Crippen molar-refractivity contribution in [2.75, 3.05) is 4.90 Å². The first-order valence-electron chi connectivity index (χ1n) is 17.3. The van der Waals surface area contributed by atoms with E-state index in [1.54, 1.807) is 0 Å². The van der Waals surface area contributed by atoms with Gasteiger partial charge >= 0.3 is 0 Å². The SMILES string of the molecule is c1ccc(-c2ccc(N(c3ccc(-c4ccccc4)cc3)c3ccc4c(c3)-c3ccccc3C4(c3ccccc3)c3ccccc3)cc2)cc1. The Morgan fingerprint density at radius 1 is 0.280 bits per heavy atom. The summed E-state index contributed by atoms with van der Waals surface area (Å²) >= 11 is 0. The van der Waals surface area contributed by atoms with Crippen LogP contribution in [0.5, 0.6) is 0 Å². The van der Waals surface area contributed by atoms with Crippen LogP contribution in [0.1, 0.15) is 22.3 Å². The standard InChI is InChI=1S/C49H35N/c1-5-15-36(16-6-1)38-25-29-42(30-26-38)50(43-31-27-39(28-32-43)37-17-7-2-8-18-37)44-33-34-48-46(35-44)45-23-13-14-24-47(45)49(48,40-19-9-3-10-20-40)41-21-11-4-12-22-41/h1-35H. The van der Waals surface area contributed by atoms with Gasteiger partial charge in [0.05, 0.1) is 5.41 Å². The molecule has 0 radical (unpaired) electrons. The predicted octanol–water partition coefficient (Wildman–Crippen LogP) is 12.9. The van der Waals surface area contributed by atoms with Crippen molar-refractivity contribution in [2.45, 2.75) is 5.41 Å². The lowest BCUT2D eigenvalue weighted by atomic mass is 9.68. The fourth-order valence-corrected chi connectivity index (χ4v) is 7.89. The largest absolute Gasteiger partial charge is 0.310 e. The number of rotatable bonds is 7. The lowest BCUT2D eigenvalue weighted by molar-refractivity contribution is 0.768. The van der Waals surface area contributed by atoms with E-state index in [4.69, 9.17) is 0 Å². The number of fused-ring (bicyclic) bond motifs is 3. The first-order chi connectivity index (χ1) is 24.8. The van der Waals surface area contributed by atoms with Crippen LogP contribution in [0.3, 0.4) is 0 Å². The van der Waals surface area contributed by atoms with Gasteiger partial charge in [0.25, 0.3) is 0 Å². The van der Waals surface area contributed by atoms with Crippen LogP contribution in [-0.2, 0) is 5.41 Å². The summed E-state index contributed by atoms with van der Waals surface area (Å²) in [5.74, 6) is 0. The van der Waals surface area contributed by atoms with Gasteiger partial charge in [-0.3, -0.25) is 0 Å². The molecule has 236 valence electrons. The lowest BCUT2D eigenvalue weighted by Gasteiger charge is -2.34. The van der Waals surface area contributed by atoms with Crippen LogP contribution in [0.15, 0.2) is 212 Å². The van der Waals surface area contributed by atoms with Crippen LogP contribution < -0.4 is 4.90 Å². The van der Waals surface area contributed by atoms with Crippen LogP contribution in [-0.4, -0.2) is 0 Å². The summed E-state index contributed by atoms with van der Waals surface area (Å²) in [6.07, 6.45) is 0. The highest BCUT2D eigenvalue weighted by Gasteiger charge is 2.46. The minimum absolute atomic E-state index is 0.424. The normalized spacial score (nSPS) is 12.6. The Morgan fingerprint density at radius 3 is 1.16 bits per heavy atom. The second kappa shape index (κ2) is 12.5. The molecule has 0 saturated heterocycles. The summed E-state index contributed by atoms with van der Waals surface area (Å²) in [4.78, 5) is 2.39. The molecule has 9 rings (SSSR count). The third kappa shape index (κ3) is 4.95. The van der Waals surface area contributed by atoms with Crippen molar-refractivity contribution in [3.8, 4) is 33.4 Å². The van der Waals surface area contributed by atoms with Crippen molar-refractivity contribution in [2.24, 2.45) is 0 Å². The van der Waals surface area contributed by atoms with E-state index >= 15 is 0 Å². The van der Waals surface area contributed by atoms with Crippen molar-refractivity contribution >= 4 is 17.1 Å². The molecule has 0 unspecified atom stereocenters. The Labute approximate surface area is 294 Å². The van der Waals surface area contributed by atoms with E-state index in [1.807, 2.05) is 0 Å². The molecular weight excluding hydrogens is 603 g/mol. The quantitative estimate of drug-likeness (QED) is 0.168. The Hall–Kier alpha value is -6.44. The summed E-state index contributed by atoms with van der Waals surface area (Å²) in [5.41, 5.74) is 15.4. The second-order valence-electron chi connectivity index (χ2n) is 12.9. The van der Waals surface area contributed by atoms with Gasteiger partial charge in [-0.25, -0.2) is 0 Å². The Balaban J connectivity index is 1.23. The average molecular weight is 638 g/mol. The van der Waals surface area contributed by atoms with Gasteiger partial charge in [0.2, 0.25) is 0 Å². The molecule has 0 aliphatic heterocycles. The molecule has 1 aliphatic carbocycles. The number of hydrogen-bond donors (Lipinski definition) is 0. The summed E-state index contributed by atoms with van der Waals surface area (Å²) in [5, 5.41) is 0. The van der Waals surface area contributed by atoms with E-state index < -0.39 is 5.41 Å². The van der Waals surface area contributed by atoms with Gasteiger partial charge in [0.1, 0.15) is 0 Å². The third-order valence-corrected chi connectivity index (χ3v) is 10.2. The van der Waals surface area contributed by atoms with Crippen LogP contribution in [0.2, 0.25) is 0 Å². The molecule has 1 aliphatic rings. The molecule has 0 atom stereocenters. The van der Waals surface area contributed by atoms with Crippen molar-refractivity contribution in [1.29, 1.82) is 0 Å². The molecule has 0 amide bonds. The molecule has 0 aromatic heterocycles. The van der Waals surface area contributed by atoms with Crippen molar-refractivity contribution < 1.29 is 0 Å². The Morgan fingerprint density at radius 2 is 0.660 bits per heavy atom. The summed E-state index contributed by atoms with van der Waals surface area (Å²) < 4.78 is 0. The van der Waals surface area contributed by atoms with E-state index in [0.29, 0.717) is 0 Å². The number of benzene rings is 8. The summed E-state index contributed by atoms with van der Waals surface area (Å²) in [7, 11) is 0. The third-order valence-electron chi connectivity index (χ3n) is 10.2. The Bertz CT molecular complexity index is 2260. The number of nitrogens with zero attached hydrogens (tertiary/aromatic N) is 1. The molecule has 0 N–H and O–H groups in total. The van der Waals surface area contributed by atoms with Crippen LogP contribution in [0.25, 0.3) is 33.4 Å². The zero-order valence-corrected chi connectivity index (χ0v) is 27.7. The van der Waals surface area contributed by atoms with Crippen molar-refractivity contribution in [3.63, 3.8) is 0 Å². The molecule has 8 aromatic carbocycles. The molecule has 50 heavy (non-hydrogen) atoms. The van der Waals surface area contributed by atoms with E-state index in [1.165, 1.54) is 55.6 Å². The van der Waals surface area contributed by atoms with E-state index in [0.717, 1.165) is 17.1 Å². The molecule has 0 heterocycles. The van der Waals surface area contributed by atoms with Crippen LogP contribution in [0, 0.1) is 0 Å². The van der Waals surface area contributed by atoms with Gasteiger partial charge in [-0.1, -0.05) is 176 Å². The zero-order chi connectivity index (χ0) is 33.3. The maximum Gasteiger partial charge on any atom is 0.0713 e. The highest BCUT2D eigenvalue weighted by molar-refractivity contribution is 5.90. The van der Waals surface area contributed by atoms with E-state index in [2.05, 4.69) is 217 Å². The molecule has 8 aromatic rings. The second-order valence-corrected chi connectivity index (χ2v) is 12.9. The average Bonchev–Trinajstić information content (AvgIpc) is 3.50. The van der Waals surface area contributed by atoms with Gasteiger partial charge < -0.3 is 4.90 Å². The molecule has 0 spiro atoms. The monoisotopic (exact) mass is 637 g/mol. The Kier molecular flexibility index (Phi) is 7.44. The summed E-state index contributed by atoms with van der Waals surface area (Å²) in [6.45, 7) is 0. The molecular formula is C49H35N. The predicted molar refractivity (Wildman–Crippen MR) is 209 cm³/mol. The molecule has 1 nitrogen and oxygen atoms in total. The summed E-state index contributed by atoms with van der Waals surface area (Å²) in [6, 6.07) is 77.1. The van der Waals surface area contributed by atoms with E-state index in [-0.39, 0.29) is 0 Å². The van der Waals surface area contributed by atoms with E-state index in [9.17, 15) is 0 Å². The maximum absolute atomic E-state index is 2.40. The van der Waals surface area contributed by atoms with Crippen LogP contribution in [0.4, 0.5) is 17.1 Å². The van der Waals surface area contributed by atoms with Gasteiger partial charge in [0, 0.05) is 17.1 Å². The minimum atomic E-state index is -0.424. The highest BCUT2D eigenvalue weighted by Crippen LogP contribution is 2.57. The number of anilines is 3. The zero-order valence-electron chi connectivity index (χ0n) is 27.7. The number of hydrogen-bond acceptors (Lipinski definition) is 1. The maximum atomic E-state index is 2.40. The minimum Gasteiger partial charge on any atom is -0.310 e. The fraction of sp³-hybridized carbons (Fsp3) is 0.0204. The smallest absolute Gasteiger partial charge is 0.0713 e. The molecule has 1 heteroatoms.